The van der Waals surface area contributed by atoms with E-state index in [2.05, 4.69) is 22.7 Å². The predicted octanol–water partition coefficient (Wildman–Crippen LogP) is 1.91. The van der Waals surface area contributed by atoms with Crippen LogP contribution in [0.5, 0.6) is 0 Å². The highest BCUT2D eigenvalue weighted by atomic mass is 16.1. The van der Waals surface area contributed by atoms with Crippen molar-refractivity contribution in [3.63, 3.8) is 0 Å². The summed E-state index contributed by atoms with van der Waals surface area (Å²) in [4.78, 5) is 12.0. The second kappa shape index (κ2) is 7.59. The van der Waals surface area contributed by atoms with Crippen LogP contribution in [-0.2, 0) is 0 Å². The number of hydrogen-bond donors (Lipinski definition) is 2. The third-order valence-corrected chi connectivity index (χ3v) is 3.22. The molecule has 0 radical (unpaired) electrons. The summed E-state index contributed by atoms with van der Waals surface area (Å²) >= 11 is 0. The molecule has 0 saturated carbocycles. The van der Waals surface area contributed by atoms with E-state index in [1.807, 2.05) is 41.9 Å². The van der Waals surface area contributed by atoms with Gasteiger partial charge in [-0.3, -0.25) is 4.79 Å². The Hall–Kier alpha value is -2.14. The smallest absolute Gasteiger partial charge is 0.251 e. The quantitative estimate of drug-likeness (QED) is 0.764. The zero-order valence-corrected chi connectivity index (χ0v) is 12.6. The molecule has 1 aromatic carbocycles. The molecule has 1 heterocycles. The van der Waals surface area contributed by atoms with E-state index < -0.39 is 0 Å². The molecule has 5 heteroatoms. The summed E-state index contributed by atoms with van der Waals surface area (Å²) < 4.78 is 1.84. The minimum Gasteiger partial charge on any atom is -0.351 e. The van der Waals surface area contributed by atoms with Crippen molar-refractivity contribution in [2.24, 2.45) is 0 Å². The van der Waals surface area contributed by atoms with Gasteiger partial charge in [0, 0.05) is 30.5 Å². The molecule has 0 unspecified atom stereocenters. The van der Waals surface area contributed by atoms with Gasteiger partial charge in [-0.2, -0.15) is 5.10 Å². The Labute approximate surface area is 125 Å². The van der Waals surface area contributed by atoms with Gasteiger partial charge in [0.2, 0.25) is 0 Å². The molecule has 2 N–H and O–H groups in total. The van der Waals surface area contributed by atoms with Crippen molar-refractivity contribution in [2.45, 2.75) is 20.3 Å². The maximum atomic E-state index is 12.0. The SMILES string of the molecule is CCCNCCNC(=O)c1ccc(-n2nccc2C)cc1. The highest BCUT2D eigenvalue weighted by Crippen LogP contribution is 2.11. The van der Waals surface area contributed by atoms with Gasteiger partial charge in [-0.25, -0.2) is 4.68 Å². The average molecular weight is 286 g/mol. The molecule has 2 aromatic rings. The van der Waals surface area contributed by atoms with Crippen molar-refractivity contribution < 1.29 is 4.79 Å². The van der Waals surface area contributed by atoms with Crippen LogP contribution in [0.15, 0.2) is 36.5 Å². The zero-order valence-electron chi connectivity index (χ0n) is 12.6. The number of aryl methyl sites for hydroxylation is 1. The number of carbonyl (C=O) groups is 1. The largest absolute Gasteiger partial charge is 0.351 e. The fourth-order valence-electron chi connectivity index (χ4n) is 2.06. The van der Waals surface area contributed by atoms with E-state index in [4.69, 9.17) is 0 Å². The first-order valence-corrected chi connectivity index (χ1v) is 7.32. The van der Waals surface area contributed by atoms with E-state index >= 15 is 0 Å². The van der Waals surface area contributed by atoms with E-state index in [0.717, 1.165) is 30.9 Å². The minimum atomic E-state index is -0.0444. The van der Waals surface area contributed by atoms with Gasteiger partial charge in [0.05, 0.1) is 5.69 Å². The Kier molecular flexibility index (Phi) is 5.51. The van der Waals surface area contributed by atoms with Gasteiger partial charge in [0.1, 0.15) is 0 Å². The molecule has 2 rings (SSSR count). The molecule has 1 amide bonds. The van der Waals surface area contributed by atoms with Crippen molar-refractivity contribution in [2.75, 3.05) is 19.6 Å². The molecule has 0 spiro atoms. The third kappa shape index (κ3) is 4.16. The van der Waals surface area contributed by atoms with E-state index in [9.17, 15) is 4.79 Å². The first-order valence-electron chi connectivity index (χ1n) is 7.32. The number of hydrogen-bond acceptors (Lipinski definition) is 3. The molecule has 112 valence electrons. The predicted molar refractivity (Wildman–Crippen MR) is 83.8 cm³/mol. The highest BCUT2D eigenvalue weighted by molar-refractivity contribution is 5.94. The fraction of sp³-hybridized carbons (Fsp3) is 0.375. The fourth-order valence-corrected chi connectivity index (χ4v) is 2.06. The molecule has 0 aliphatic heterocycles. The van der Waals surface area contributed by atoms with Crippen LogP contribution in [0, 0.1) is 6.92 Å². The van der Waals surface area contributed by atoms with Crippen molar-refractivity contribution >= 4 is 5.91 Å². The lowest BCUT2D eigenvalue weighted by atomic mass is 10.2. The molecule has 0 bridgehead atoms. The van der Waals surface area contributed by atoms with Gasteiger partial charge in [-0.05, 0) is 50.2 Å². The van der Waals surface area contributed by atoms with Gasteiger partial charge in [-0.15, -0.1) is 0 Å². The summed E-state index contributed by atoms with van der Waals surface area (Å²) in [5, 5.41) is 10.4. The molecular formula is C16H22N4O. The Balaban J connectivity index is 1.90. The maximum absolute atomic E-state index is 12.0. The normalized spacial score (nSPS) is 10.6. The monoisotopic (exact) mass is 286 g/mol. The number of aromatic nitrogens is 2. The molecule has 0 saturated heterocycles. The lowest BCUT2D eigenvalue weighted by Gasteiger charge is -2.08. The highest BCUT2D eigenvalue weighted by Gasteiger charge is 2.06. The number of rotatable bonds is 7. The van der Waals surface area contributed by atoms with Crippen LogP contribution in [-0.4, -0.2) is 35.3 Å². The second-order valence-electron chi connectivity index (χ2n) is 4.94. The lowest BCUT2D eigenvalue weighted by molar-refractivity contribution is 0.0954. The third-order valence-electron chi connectivity index (χ3n) is 3.22. The Morgan fingerprint density at radius 3 is 2.52 bits per heavy atom. The molecular weight excluding hydrogens is 264 g/mol. The first-order chi connectivity index (χ1) is 10.2. The summed E-state index contributed by atoms with van der Waals surface area (Å²) in [7, 11) is 0. The Bertz CT molecular complexity index is 574. The standard InChI is InChI=1S/C16H22N4O/c1-3-9-17-11-12-18-16(21)14-4-6-15(7-5-14)20-13(2)8-10-19-20/h4-8,10,17H,3,9,11-12H2,1-2H3,(H,18,21). The van der Waals surface area contributed by atoms with E-state index in [1.54, 1.807) is 6.20 Å². The van der Waals surface area contributed by atoms with Gasteiger partial charge >= 0.3 is 0 Å². The summed E-state index contributed by atoms with van der Waals surface area (Å²) in [6, 6.07) is 9.41. The van der Waals surface area contributed by atoms with Gasteiger partial charge in [0.15, 0.2) is 0 Å². The van der Waals surface area contributed by atoms with Gasteiger partial charge in [-0.1, -0.05) is 6.92 Å². The summed E-state index contributed by atoms with van der Waals surface area (Å²) in [6.45, 7) is 6.53. The zero-order chi connectivity index (χ0) is 15.1. The Morgan fingerprint density at radius 2 is 1.90 bits per heavy atom. The first kappa shape index (κ1) is 15.3. The van der Waals surface area contributed by atoms with Crippen LogP contribution in [0.4, 0.5) is 0 Å². The summed E-state index contributed by atoms with van der Waals surface area (Å²) in [5.74, 6) is -0.0444. The summed E-state index contributed by atoms with van der Waals surface area (Å²) in [6.07, 6.45) is 2.86. The van der Waals surface area contributed by atoms with E-state index in [-0.39, 0.29) is 5.91 Å². The van der Waals surface area contributed by atoms with Crippen LogP contribution in [0.1, 0.15) is 29.4 Å². The van der Waals surface area contributed by atoms with Crippen LogP contribution in [0.25, 0.3) is 5.69 Å². The number of amides is 1. The molecule has 21 heavy (non-hydrogen) atoms. The number of carbonyl (C=O) groups excluding carboxylic acids is 1. The minimum absolute atomic E-state index is 0.0444. The molecule has 0 fully saturated rings. The lowest BCUT2D eigenvalue weighted by Crippen LogP contribution is -2.32. The molecule has 5 nitrogen and oxygen atoms in total. The molecule has 0 atom stereocenters. The van der Waals surface area contributed by atoms with Crippen molar-refractivity contribution in [3.8, 4) is 5.69 Å². The number of nitrogens with one attached hydrogen (secondary N) is 2. The second-order valence-corrected chi connectivity index (χ2v) is 4.94. The van der Waals surface area contributed by atoms with E-state index in [0.29, 0.717) is 12.1 Å². The molecule has 0 aliphatic carbocycles. The number of nitrogens with zero attached hydrogens (tertiary/aromatic N) is 2. The van der Waals surface area contributed by atoms with Crippen LogP contribution < -0.4 is 10.6 Å². The van der Waals surface area contributed by atoms with Gasteiger partial charge in [0.25, 0.3) is 5.91 Å². The van der Waals surface area contributed by atoms with Gasteiger partial charge < -0.3 is 10.6 Å². The van der Waals surface area contributed by atoms with Crippen molar-refractivity contribution in [1.82, 2.24) is 20.4 Å². The Morgan fingerprint density at radius 1 is 1.14 bits per heavy atom. The van der Waals surface area contributed by atoms with Crippen LogP contribution in [0.2, 0.25) is 0 Å². The van der Waals surface area contributed by atoms with Crippen molar-refractivity contribution in [3.05, 3.63) is 47.8 Å². The van der Waals surface area contributed by atoms with Crippen LogP contribution >= 0.6 is 0 Å². The average Bonchev–Trinajstić information content (AvgIpc) is 2.93. The topological polar surface area (TPSA) is 58.9 Å². The summed E-state index contributed by atoms with van der Waals surface area (Å²) in [5.41, 5.74) is 2.69. The molecule has 0 aliphatic rings. The van der Waals surface area contributed by atoms with E-state index in [1.165, 1.54) is 0 Å². The van der Waals surface area contributed by atoms with Crippen LogP contribution in [0.3, 0.4) is 0 Å². The number of benzene rings is 1. The maximum Gasteiger partial charge on any atom is 0.251 e. The van der Waals surface area contributed by atoms with Crippen molar-refractivity contribution in [1.29, 1.82) is 0 Å². The molecule has 1 aromatic heterocycles.